The van der Waals surface area contributed by atoms with Crippen molar-refractivity contribution >= 4 is 40.2 Å². The van der Waals surface area contributed by atoms with Gasteiger partial charge in [-0.15, -0.1) is 0 Å². The quantitative estimate of drug-likeness (QED) is 0.423. The molecule has 2 heterocycles. The Labute approximate surface area is 194 Å². The first-order chi connectivity index (χ1) is 15.5. The van der Waals surface area contributed by atoms with Crippen molar-refractivity contribution in [1.82, 2.24) is 20.0 Å². The Bertz CT molecular complexity index is 1300. The highest BCUT2D eigenvalue weighted by Gasteiger charge is 2.24. The van der Waals surface area contributed by atoms with Gasteiger partial charge < -0.3 is 9.84 Å². The van der Waals surface area contributed by atoms with Crippen LogP contribution in [0.3, 0.4) is 0 Å². The zero-order chi connectivity index (χ0) is 22.7. The fraction of sp³-hybridized carbons (Fsp3) is 0.217. The zero-order valence-electron chi connectivity index (χ0n) is 17.2. The van der Waals surface area contributed by atoms with Crippen LogP contribution in [0.25, 0.3) is 22.4 Å². The Morgan fingerprint density at radius 3 is 2.41 bits per heavy atom. The van der Waals surface area contributed by atoms with Gasteiger partial charge in [-0.1, -0.05) is 59.5 Å². The summed E-state index contributed by atoms with van der Waals surface area (Å²) < 4.78 is 6.58. The molecule has 0 saturated carbocycles. The fourth-order valence-electron chi connectivity index (χ4n) is 3.49. The molecule has 4 aromatic rings. The van der Waals surface area contributed by atoms with Gasteiger partial charge in [-0.25, -0.2) is 4.98 Å². The van der Waals surface area contributed by atoms with Crippen LogP contribution in [0.15, 0.2) is 64.2 Å². The summed E-state index contributed by atoms with van der Waals surface area (Å²) >= 11 is 11.9. The molecule has 1 atom stereocenters. The molecule has 164 valence electrons. The predicted molar refractivity (Wildman–Crippen MR) is 124 cm³/mol. The molecule has 0 unspecified atom stereocenters. The number of aromatic nitrogens is 3. The molecule has 32 heavy (non-hydrogen) atoms. The van der Waals surface area contributed by atoms with Crippen LogP contribution in [-0.2, 0) is 11.2 Å². The maximum atomic E-state index is 13.3. The second-order valence-electron chi connectivity index (χ2n) is 7.27. The normalized spacial score (nSPS) is 12.1. The number of hydrogen-bond acceptors (Lipinski definition) is 5. The molecule has 7 nitrogen and oxygen atoms in total. The molecule has 1 amide bonds. The van der Waals surface area contributed by atoms with E-state index in [1.165, 1.54) is 10.9 Å². The number of carbonyl (C=O) groups excluding carboxylic acids is 1. The summed E-state index contributed by atoms with van der Waals surface area (Å²) in [5.41, 5.74) is 1.82. The Balaban J connectivity index is 1.57. The number of fused-ring (bicyclic) bond motifs is 1. The van der Waals surface area contributed by atoms with Crippen molar-refractivity contribution in [3.8, 4) is 11.3 Å². The van der Waals surface area contributed by atoms with Gasteiger partial charge in [0.1, 0.15) is 23.4 Å². The number of rotatable bonds is 7. The van der Waals surface area contributed by atoms with E-state index < -0.39 is 6.04 Å². The van der Waals surface area contributed by atoms with Gasteiger partial charge in [0.05, 0.1) is 0 Å². The lowest BCUT2D eigenvalue weighted by Crippen LogP contribution is -2.38. The first kappa shape index (κ1) is 22.0. The van der Waals surface area contributed by atoms with Gasteiger partial charge in [0.25, 0.3) is 11.3 Å². The van der Waals surface area contributed by atoms with E-state index in [0.29, 0.717) is 40.7 Å². The number of hydrogen-bond donors (Lipinski definition) is 1. The smallest absolute Gasteiger partial charge is 0.267 e. The second kappa shape index (κ2) is 9.54. The molecular formula is C23H20Cl2N4O3. The Kier molecular flexibility index (Phi) is 6.58. The third-order valence-electron chi connectivity index (χ3n) is 5.19. The molecular weight excluding hydrogens is 451 g/mol. The van der Waals surface area contributed by atoms with Crippen LogP contribution in [0.4, 0.5) is 0 Å². The largest absolute Gasteiger partial charge is 0.354 e. The van der Waals surface area contributed by atoms with Crippen LogP contribution >= 0.6 is 23.2 Å². The van der Waals surface area contributed by atoms with Crippen LogP contribution in [0.1, 0.15) is 24.9 Å². The Morgan fingerprint density at radius 1 is 1.09 bits per heavy atom. The summed E-state index contributed by atoms with van der Waals surface area (Å²) in [7, 11) is 0. The number of nitrogens with zero attached hydrogens (tertiary/aromatic N) is 3. The third kappa shape index (κ3) is 4.54. The van der Waals surface area contributed by atoms with E-state index in [0.717, 1.165) is 5.56 Å². The van der Waals surface area contributed by atoms with Crippen LogP contribution in [0.5, 0.6) is 0 Å². The van der Waals surface area contributed by atoms with Crippen molar-refractivity contribution in [3.63, 3.8) is 0 Å². The minimum absolute atomic E-state index is 0.120. The summed E-state index contributed by atoms with van der Waals surface area (Å²) in [4.78, 5) is 30.4. The Hall–Kier alpha value is -3.16. The average Bonchev–Trinajstić information content (AvgIpc) is 3.23. The molecule has 0 aliphatic heterocycles. The summed E-state index contributed by atoms with van der Waals surface area (Å²) in [6.07, 6.45) is 2.40. The topological polar surface area (TPSA) is 90.0 Å². The van der Waals surface area contributed by atoms with Gasteiger partial charge in [-0.05, 0) is 42.7 Å². The minimum Gasteiger partial charge on any atom is -0.354 e. The molecule has 2 aromatic heterocycles. The number of benzene rings is 2. The standard InChI is InChI=1S/C23H20Cl2N4O3/c1-2-18(21(30)26-12-11-14-3-7-16(24)8-4-14)29-13-27-22-19(23(29)31)20(28-32-22)15-5-9-17(25)10-6-15/h3-10,13,18H,2,11-12H2,1H3,(H,26,30)/t18-/m1/s1. The summed E-state index contributed by atoms with van der Waals surface area (Å²) in [6, 6.07) is 13.6. The van der Waals surface area contributed by atoms with Crippen molar-refractivity contribution < 1.29 is 9.32 Å². The highest BCUT2D eigenvalue weighted by molar-refractivity contribution is 6.30. The van der Waals surface area contributed by atoms with Gasteiger partial charge in [0.15, 0.2) is 0 Å². The van der Waals surface area contributed by atoms with Crippen molar-refractivity contribution in [3.05, 3.63) is 80.8 Å². The van der Waals surface area contributed by atoms with Crippen LogP contribution < -0.4 is 10.9 Å². The molecule has 0 bridgehead atoms. The summed E-state index contributed by atoms with van der Waals surface area (Å²) in [5.74, 6) is -0.255. The maximum absolute atomic E-state index is 13.3. The molecule has 0 aliphatic rings. The van der Waals surface area contributed by atoms with E-state index in [2.05, 4.69) is 15.5 Å². The molecule has 0 aliphatic carbocycles. The molecule has 0 fully saturated rings. The van der Waals surface area contributed by atoms with Gasteiger partial charge >= 0.3 is 0 Å². The zero-order valence-corrected chi connectivity index (χ0v) is 18.7. The molecule has 2 aromatic carbocycles. The maximum Gasteiger partial charge on any atom is 0.267 e. The first-order valence-electron chi connectivity index (χ1n) is 10.1. The van der Waals surface area contributed by atoms with Crippen molar-refractivity contribution in [2.45, 2.75) is 25.8 Å². The molecule has 0 radical (unpaired) electrons. The molecule has 1 N–H and O–H groups in total. The van der Waals surface area contributed by atoms with Crippen molar-refractivity contribution in [2.75, 3.05) is 6.54 Å². The van der Waals surface area contributed by atoms with Gasteiger partial charge in [0.2, 0.25) is 5.91 Å². The molecule has 4 rings (SSSR count). The summed E-state index contributed by atoms with van der Waals surface area (Å²) in [6.45, 7) is 2.28. The lowest BCUT2D eigenvalue weighted by Gasteiger charge is -2.17. The van der Waals surface area contributed by atoms with Gasteiger partial charge in [0, 0.05) is 22.2 Å². The van der Waals surface area contributed by atoms with E-state index in [4.69, 9.17) is 27.7 Å². The average molecular weight is 471 g/mol. The lowest BCUT2D eigenvalue weighted by molar-refractivity contribution is -0.124. The van der Waals surface area contributed by atoms with Gasteiger partial charge in [-0.2, -0.15) is 0 Å². The number of nitrogens with one attached hydrogen (secondary N) is 1. The van der Waals surface area contributed by atoms with E-state index in [1.807, 2.05) is 31.2 Å². The van der Waals surface area contributed by atoms with Crippen molar-refractivity contribution in [2.24, 2.45) is 0 Å². The minimum atomic E-state index is -0.711. The molecule has 9 heteroatoms. The lowest BCUT2D eigenvalue weighted by atomic mass is 10.1. The highest BCUT2D eigenvalue weighted by Crippen LogP contribution is 2.26. The fourth-order valence-corrected chi connectivity index (χ4v) is 3.74. The van der Waals surface area contributed by atoms with E-state index in [-0.39, 0.29) is 22.6 Å². The van der Waals surface area contributed by atoms with Crippen LogP contribution in [-0.4, -0.2) is 27.2 Å². The van der Waals surface area contributed by atoms with Crippen LogP contribution in [0.2, 0.25) is 10.0 Å². The van der Waals surface area contributed by atoms with Crippen LogP contribution in [0, 0.1) is 0 Å². The molecule has 0 saturated heterocycles. The number of amides is 1. The third-order valence-corrected chi connectivity index (χ3v) is 5.69. The van der Waals surface area contributed by atoms with Crippen molar-refractivity contribution in [1.29, 1.82) is 0 Å². The summed E-state index contributed by atoms with van der Waals surface area (Å²) in [5, 5.41) is 8.37. The predicted octanol–water partition coefficient (Wildman–Crippen LogP) is 4.67. The SMILES string of the molecule is CC[C@H](C(=O)NCCc1ccc(Cl)cc1)n1cnc2onc(-c3ccc(Cl)cc3)c2c1=O. The van der Waals surface area contributed by atoms with Gasteiger partial charge in [-0.3, -0.25) is 14.2 Å². The highest BCUT2D eigenvalue weighted by atomic mass is 35.5. The molecule has 0 spiro atoms. The Morgan fingerprint density at radius 2 is 1.75 bits per heavy atom. The first-order valence-corrected chi connectivity index (χ1v) is 10.9. The number of halogens is 2. The van der Waals surface area contributed by atoms with E-state index >= 15 is 0 Å². The second-order valence-corrected chi connectivity index (χ2v) is 8.14. The monoisotopic (exact) mass is 470 g/mol. The van der Waals surface area contributed by atoms with E-state index in [9.17, 15) is 9.59 Å². The van der Waals surface area contributed by atoms with E-state index in [1.54, 1.807) is 24.3 Å². The number of carbonyl (C=O) groups is 1.